The predicted molar refractivity (Wildman–Crippen MR) is 92.5 cm³/mol. The molecule has 3 heterocycles. The van der Waals surface area contributed by atoms with Crippen LogP contribution in [0.15, 0.2) is 42.9 Å². The van der Waals surface area contributed by atoms with Gasteiger partial charge in [-0.2, -0.15) is 0 Å². The molecule has 1 unspecified atom stereocenters. The highest BCUT2D eigenvalue weighted by Gasteiger charge is 2.23. The van der Waals surface area contributed by atoms with Crippen molar-refractivity contribution in [2.75, 3.05) is 31.7 Å². The van der Waals surface area contributed by atoms with E-state index < -0.39 is 0 Å². The molecule has 124 valence electrons. The van der Waals surface area contributed by atoms with Crippen molar-refractivity contribution in [3.8, 4) is 5.75 Å². The second-order valence-electron chi connectivity index (χ2n) is 5.93. The minimum atomic E-state index is 0.134. The summed E-state index contributed by atoms with van der Waals surface area (Å²) in [4.78, 5) is 14.2. The van der Waals surface area contributed by atoms with Crippen LogP contribution >= 0.6 is 0 Å². The van der Waals surface area contributed by atoms with Crippen LogP contribution in [0.2, 0.25) is 0 Å². The average Bonchev–Trinajstić information content (AvgIpc) is 3.11. The van der Waals surface area contributed by atoms with E-state index in [9.17, 15) is 0 Å². The van der Waals surface area contributed by atoms with Gasteiger partial charge in [-0.3, -0.25) is 0 Å². The number of morpholine rings is 1. The smallest absolute Gasteiger partial charge is 0.142 e. The topological polar surface area (TPSA) is 63.3 Å². The summed E-state index contributed by atoms with van der Waals surface area (Å²) in [6, 6.07) is 10.2. The number of H-pyrrole nitrogens is 1. The second kappa shape index (κ2) is 6.49. The Bertz CT molecular complexity index is 833. The molecule has 24 heavy (non-hydrogen) atoms. The Labute approximate surface area is 140 Å². The van der Waals surface area contributed by atoms with Crippen molar-refractivity contribution >= 4 is 16.9 Å². The Balaban J connectivity index is 1.52. The Hall–Kier alpha value is -2.60. The fourth-order valence-corrected chi connectivity index (χ4v) is 3.21. The van der Waals surface area contributed by atoms with Crippen molar-refractivity contribution < 1.29 is 9.47 Å². The lowest BCUT2D eigenvalue weighted by Crippen LogP contribution is -2.43. The highest BCUT2D eigenvalue weighted by molar-refractivity contribution is 5.87. The number of rotatable bonds is 4. The largest absolute Gasteiger partial charge is 0.497 e. The van der Waals surface area contributed by atoms with Gasteiger partial charge in [0, 0.05) is 25.7 Å². The minimum Gasteiger partial charge on any atom is -0.497 e. The lowest BCUT2D eigenvalue weighted by molar-refractivity contribution is 0.0409. The van der Waals surface area contributed by atoms with Crippen LogP contribution in [0.4, 0.5) is 5.82 Å². The van der Waals surface area contributed by atoms with Gasteiger partial charge < -0.3 is 19.4 Å². The van der Waals surface area contributed by atoms with E-state index in [2.05, 4.69) is 32.0 Å². The number of aromatic amines is 1. The van der Waals surface area contributed by atoms with Crippen LogP contribution in [0.25, 0.3) is 11.0 Å². The summed E-state index contributed by atoms with van der Waals surface area (Å²) in [5.74, 6) is 1.85. The van der Waals surface area contributed by atoms with Crippen LogP contribution in [0.1, 0.15) is 5.56 Å². The molecule has 1 aromatic carbocycles. The molecule has 3 aromatic rings. The monoisotopic (exact) mass is 324 g/mol. The summed E-state index contributed by atoms with van der Waals surface area (Å²) in [7, 11) is 1.69. The molecule has 0 spiro atoms. The maximum atomic E-state index is 5.97. The van der Waals surface area contributed by atoms with E-state index in [1.807, 2.05) is 24.4 Å². The minimum absolute atomic E-state index is 0.134. The summed E-state index contributed by atoms with van der Waals surface area (Å²) in [6.07, 6.45) is 4.50. The number of hydrogen-bond acceptors (Lipinski definition) is 5. The number of hydrogen-bond donors (Lipinski definition) is 1. The maximum absolute atomic E-state index is 5.97. The number of fused-ring (bicyclic) bond motifs is 1. The zero-order valence-electron chi connectivity index (χ0n) is 13.6. The molecule has 0 amide bonds. The predicted octanol–water partition coefficient (Wildman–Crippen LogP) is 2.41. The first kappa shape index (κ1) is 15.0. The first-order valence-electron chi connectivity index (χ1n) is 8.11. The molecule has 4 rings (SSSR count). The highest BCUT2D eigenvalue weighted by atomic mass is 16.5. The van der Waals surface area contributed by atoms with E-state index in [0.29, 0.717) is 6.61 Å². The van der Waals surface area contributed by atoms with Crippen molar-refractivity contribution in [3.05, 3.63) is 48.4 Å². The van der Waals surface area contributed by atoms with E-state index in [1.165, 1.54) is 5.56 Å². The number of benzene rings is 1. The van der Waals surface area contributed by atoms with Crippen LogP contribution in [-0.4, -0.2) is 47.9 Å². The van der Waals surface area contributed by atoms with Gasteiger partial charge in [-0.15, -0.1) is 0 Å². The first-order valence-corrected chi connectivity index (χ1v) is 8.11. The molecule has 1 fully saturated rings. The van der Waals surface area contributed by atoms with Gasteiger partial charge in [0.2, 0.25) is 0 Å². The maximum Gasteiger partial charge on any atom is 0.142 e. The Kier molecular flexibility index (Phi) is 4.04. The van der Waals surface area contributed by atoms with E-state index in [0.717, 1.165) is 42.1 Å². The van der Waals surface area contributed by atoms with Crippen LogP contribution in [0, 0.1) is 0 Å². The normalized spacial score (nSPS) is 18.0. The number of anilines is 1. The summed E-state index contributed by atoms with van der Waals surface area (Å²) >= 11 is 0. The number of methoxy groups -OCH3 is 1. The summed E-state index contributed by atoms with van der Waals surface area (Å²) < 4.78 is 11.3. The van der Waals surface area contributed by atoms with Crippen LogP contribution in [-0.2, 0) is 11.2 Å². The average molecular weight is 324 g/mol. The molecule has 1 atom stereocenters. The molecular weight excluding hydrogens is 304 g/mol. The summed E-state index contributed by atoms with van der Waals surface area (Å²) in [5, 5.41) is 1.06. The third kappa shape index (κ3) is 2.92. The van der Waals surface area contributed by atoms with Crippen molar-refractivity contribution in [1.29, 1.82) is 0 Å². The summed E-state index contributed by atoms with van der Waals surface area (Å²) in [5.41, 5.74) is 2.09. The number of ether oxygens (including phenoxy) is 2. The molecule has 1 N–H and O–H groups in total. The van der Waals surface area contributed by atoms with Gasteiger partial charge in [0.15, 0.2) is 0 Å². The second-order valence-corrected chi connectivity index (χ2v) is 5.93. The first-order chi connectivity index (χ1) is 11.8. The Morgan fingerprint density at radius 1 is 1.33 bits per heavy atom. The zero-order chi connectivity index (χ0) is 16.4. The van der Waals surface area contributed by atoms with E-state index in [-0.39, 0.29) is 6.10 Å². The van der Waals surface area contributed by atoms with Gasteiger partial charge in [-0.25, -0.2) is 9.97 Å². The number of nitrogens with one attached hydrogen (secondary N) is 1. The molecule has 1 saturated heterocycles. The highest BCUT2D eigenvalue weighted by Crippen LogP contribution is 2.25. The standard InChI is InChI=1S/C18H20N4O2/c1-23-14-4-2-3-13(9-14)10-15-11-22(7-8-24-15)18-16-5-6-19-17(16)20-12-21-18/h2-6,9,12,15H,7-8,10-11H2,1H3,(H,19,20,21). The van der Waals surface area contributed by atoms with Crippen LogP contribution in [0.5, 0.6) is 5.75 Å². The molecule has 2 aromatic heterocycles. The third-order valence-corrected chi connectivity index (χ3v) is 4.37. The molecule has 0 saturated carbocycles. The van der Waals surface area contributed by atoms with Gasteiger partial charge in [0.25, 0.3) is 0 Å². The zero-order valence-corrected chi connectivity index (χ0v) is 13.6. The van der Waals surface area contributed by atoms with Gasteiger partial charge >= 0.3 is 0 Å². The lowest BCUT2D eigenvalue weighted by Gasteiger charge is -2.34. The van der Waals surface area contributed by atoms with Crippen molar-refractivity contribution in [2.24, 2.45) is 0 Å². The van der Waals surface area contributed by atoms with Crippen molar-refractivity contribution in [1.82, 2.24) is 15.0 Å². The van der Waals surface area contributed by atoms with Crippen molar-refractivity contribution in [2.45, 2.75) is 12.5 Å². The van der Waals surface area contributed by atoms with Crippen LogP contribution < -0.4 is 9.64 Å². The van der Waals surface area contributed by atoms with E-state index >= 15 is 0 Å². The number of nitrogens with zero attached hydrogens (tertiary/aromatic N) is 3. The summed E-state index contributed by atoms with van der Waals surface area (Å²) in [6.45, 7) is 2.35. The Morgan fingerprint density at radius 2 is 2.29 bits per heavy atom. The van der Waals surface area contributed by atoms with E-state index in [1.54, 1.807) is 13.4 Å². The quantitative estimate of drug-likeness (QED) is 0.798. The Morgan fingerprint density at radius 3 is 3.21 bits per heavy atom. The molecule has 1 aliphatic rings. The SMILES string of the molecule is COc1cccc(CC2CN(c3ncnc4[nH]ccc34)CCO2)c1. The fraction of sp³-hybridized carbons (Fsp3) is 0.333. The van der Waals surface area contributed by atoms with E-state index in [4.69, 9.17) is 9.47 Å². The van der Waals surface area contributed by atoms with Crippen molar-refractivity contribution in [3.63, 3.8) is 0 Å². The fourth-order valence-electron chi connectivity index (χ4n) is 3.21. The molecule has 0 aliphatic carbocycles. The van der Waals surface area contributed by atoms with Crippen LogP contribution in [0.3, 0.4) is 0 Å². The van der Waals surface area contributed by atoms with Gasteiger partial charge in [-0.1, -0.05) is 12.1 Å². The molecule has 1 aliphatic heterocycles. The molecule has 0 bridgehead atoms. The molecule has 6 nitrogen and oxygen atoms in total. The third-order valence-electron chi connectivity index (χ3n) is 4.37. The molecule has 0 radical (unpaired) electrons. The van der Waals surface area contributed by atoms with Gasteiger partial charge in [0.05, 0.1) is 25.2 Å². The van der Waals surface area contributed by atoms with Gasteiger partial charge in [-0.05, 0) is 23.8 Å². The number of aromatic nitrogens is 3. The van der Waals surface area contributed by atoms with Gasteiger partial charge in [0.1, 0.15) is 23.5 Å². The lowest BCUT2D eigenvalue weighted by atomic mass is 10.1. The molecule has 6 heteroatoms. The molecular formula is C18H20N4O2.